The number of rotatable bonds is 3. The van der Waals surface area contributed by atoms with E-state index >= 15 is 0 Å². The number of carbonyl (C=O) groups is 1. The zero-order chi connectivity index (χ0) is 15.7. The van der Waals surface area contributed by atoms with Gasteiger partial charge < -0.3 is 4.74 Å². The molecule has 0 N–H and O–H groups in total. The fourth-order valence-electron chi connectivity index (χ4n) is 5.47. The summed E-state index contributed by atoms with van der Waals surface area (Å²) in [4.78, 5) is 12.7. The average molecular weight is 304 g/mol. The van der Waals surface area contributed by atoms with Crippen LogP contribution in [0.5, 0.6) is 0 Å². The maximum absolute atomic E-state index is 12.7. The van der Waals surface area contributed by atoms with Crippen LogP contribution in [0, 0.1) is 41.4 Å². The second-order valence-corrected chi connectivity index (χ2v) is 8.09. The highest BCUT2D eigenvalue weighted by molar-refractivity contribution is 5.74. The molecular formula is C20H32O2. The first-order valence-corrected chi connectivity index (χ1v) is 9.46. The van der Waals surface area contributed by atoms with E-state index in [1.54, 1.807) is 0 Å². The van der Waals surface area contributed by atoms with Gasteiger partial charge in [0.25, 0.3) is 0 Å². The van der Waals surface area contributed by atoms with Gasteiger partial charge in [-0.15, -0.1) is 0 Å². The number of allylic oxidation sites excluding steroid dienone is 2. The van der Waals surface area contributed by atoms with Crippen molar-refractivity contribution in [1.29, 1.82) is 0 Å². The molecule has 0 heterocycles. The number of ether oxygens (including phenoxy) is 1. The molecule has 2 nitrogen and oxygen atoms in total. The zero-order valence-corrected chi connectivity index (χ0v) is 14.5. The SMILES string of the molecule is CCOC(=O)[C@H]1[C@@H]2C[C@@H]3CCCC[C@H]3C[C@@H]2C=C[C@@H]1C(C)C. The van der Waals surface area contributed by atoms with E-state index in [2.05, 4.69) is 26.0 Å². The van der Waals surface area contributed by atoms with E-state index in [0.29, 0.717) is 30.3 Å². The van der Waals surface area contributed by atoms with Crippen molar-refractivity contribution in [2.45, 2.75) is 59.3 Å². The van der Waals surface area contributed by atoms with Gasteiger partial charge in [0.15, 0.2) is 0 Å². The molecule has 0 spiro atoms. The summed E-state index contributed by atoms with van der Waals surface area (Å²) in [5.74, 6) is 3.95. The molecule has 0 amide bonds. The van der Waals surface area contributed by atoms with E-state index in [1.165, 1.54) is 38.5 Å². The maximum atomic E-state index is 12.7. The quantitative estimate of drug-likeness (QED) is 0.551. The van der Waals surface area contributed by atoms with Crippen LogP contribution < -0.4 is 0 Å². The van der Waals surface area contributed by atoms with Gasteiger partial charge in [-0.25, -0.2) is 0 Å². The van der Waals surface area contributed by atoms with Gasteiger partial charge in [0.05, 0.1) is 12.5 Å². The number of esters is 1. The topological polar surface area (TPSA) is 26.3 Å². The average Bonchev–Trinajstić information content (AvgIpc) is 2.51. The first-order valence-electron chi connectivity index (χ1n) is 9.46. The van der Waals surface area contributed by atoms with Gasteiger partial charge in [-0.2, -0.15) is 0 Å². The highest BCUT2D eigenvalue weighted by Gasteiger charge is 2.47. The summed E-state index contributed by atoms with van der Waals surface area (Å²) in [6, 6.07) is 0. The molecule has 6 atom stereocenters. The van der Waals surface area contributed by atoms with Crippen LogP contribution in [0.1, 0.15) is 59.3 Å². The van der Waals surface area contributed by atoms with Gasteiger partial charge in [0.1, 0.15) is 0 Å². The lowest BCUT2D eigenvalue weighted by Gasteiger charge is -2.49. The Morgan fingerprint density at radius 1 is 1.14 bits per heavy atom. The molecule has 3 rings (SSSR count). The molecule has 0 bridgehead atoms. The third-order valence-electron chi connectivity index (χ3n) is 6.55. The van der Waals surface area contributed by atoms with Gasteiger partial charge in [0.2, 0.25) is 0 Å². The minimum atomic E-state index is 0.0646. The van der Waals surface area contributed by atoms with Crippen molar-refractivity contribution < 1.29 is 9.53 Å². The zero-order valence-electron chi connectivity index (χ0n) is 14.5. The Hall–Kier alpha value is -0.790. The molecule has 0 radical (unpaired) electrons. The van der Waals surface area contributed by atoms with Crippen LogP contribution in [-0.4, -0.2) is 12.6 Å². The molecule has 0 aromatic heterocycles. The summed E-state index contributed by atoms with van der Waals surface area (Å²) in [6.07, 6.45) is 13.0. The highest BCUT2D eigenvalue weighted by Crippen LogP contribution is 2.52. The first-order chi connectivity index (χ1) is 10.6. The van der Waals surface area contributed by atoms with Crippen molar-refractivity contribution in [1.82, 2.24) is 0 Å². The van der Waals surface area contributed by atoms with E-state index in [1.807, 2.05) is 6.92 Å². The standard InChI is InChI=1S/C20H32O2/c1-4-22-20(21)19-17(13(2)3)10-9-16-11-14-7-5-6-8-15(14)12-18(16)19/h9-10,13-19H,4-8,11-12H2,1-3H3/t14-,15-,16-,17+,18+,19+/m0/s1. The van der Waals surface area contributed by atoms with Crippen LogP contribution in [0.15, 0.2) is 12.2 Å². The van der Waals surface area contributed by atoms with Crippen LogP contribution in [0.3, 0.4) is 0 Å². The maximum Gasteiger partial charge on any atom is 0.309 e. The number of hydrogen-bond donors (Lipinski definition) is 0. The summed E-state index contributed by atoms with van der Waals surface area (Å²) in [5.41, 5.74) is 0. The minimum absolute atomic E-state index is 0.0646. The van der Waals surface area contributed by atoms with Crippen LogP contribution in [0.2, 0.25) is 0 Å². The van der Waals surface area contributed by atoms with Crippen LogP contribution in [0.25, 0.3) is 0 Å². The molecule has 0 unspecified atom stereocenters. The second kappa shape index (κ2) is 6.76. The Bertz CT molecular complexity index is 425. The first kappa shape index (κ1) is 16.1. The number of hydrogen-bond acceptors (Lipinski definition) is 2. The Morgan fingerprint density at radius 3 is 2.45 bits per heavy atom. The number of fused-ring (bicyclic) bond motifs is 2. The van der Waals surface area contributed by atoms with Gasteiger partial charge in [-0.3, -0.25) is 4.79 Å². The van der Waals surface area contributed by atoms with Gasteiger partial charge in [0, 0.05) is 0 Å². The minimum Gasteiger partial charge on any atom is -0.466 e. The largest absolute Gasteiger partial charge is 0.466 e. The fourth-order valence-corrected chi connectivity index (χ4v) is 5.47. The Kier molecular flexibility index (Phi) is 4.94. The van der Waals surface area contributed by atoms with Crippen molar-refractivity contribution in [2.75, 3.05) is 6.61 Å². The van der Waals surface area contributed by atoms with E-state index < -0.39 is 0 Å². The smallest absolute Gasteiger partial charge is 0.309 e. The van der Waals surface area contributed by atoms with E-state index in [-0.39, 0.29) is 11.9 Å². The van der Waals surface area contributed by atoms with Crippen molar-refractivity contribution in [3.8, 4) is 0 Å². The Balaban J connectivity index is 1.84. The molecule has 0 aromatic rings. The molecule has 3 aliphatic rings. The van der Waals surface area contributed by atoms with Crippen molar-refractivity contribution in [3.05, 3.63) is 12.2 Å². The van der Waals surface area contributed by atoms with Crippen molar-refractivity contribution in [2.24, 2.45) is 41.4 Å². The van der Waals surface area contributed by atoms with E-state index in [4.69, 9.17) is 4.74 Å². The molecule has 124 valence electrons. The van der Waals surface area contributed by atoms with Crippen LogP contribution in [-0.2, 0) is 9.53 Å². The molecule has 2 fully saturated rings. The third-order valence-corrected chi connectivity index (χ3v) is 6.55. The molecule has 22 heavy (non-hydrogen) atoms. The molecule has 0 aliphatic heterocycles. The molecule has 3 aliphatic carbocycles. The summed E-state index contributed by atoms with van der Waals surface area (Å²) >= 11 is 0. The van der Waals surface area contributed by atoms with Crippen molar-refractivity contribution in [3.63, 3.8) is 0 Å². The fraction of sp³-hybridized carbons (Fsp3) is 0.850. The predicted octanol–water partition coefficient (Wildman–Crippen LogP) is 4.84. The van der Waals surface area contributed by atoms with Gasteiger partial charge in [-0.05, 0) is 55.3 Å². The molecule has 0 saturated heterocycles. The molecule has 2 saturated carbocycles. The Labute approximate surface area is 135 Å². The van der Waals surface area contributed by atoms with E-state index in [9.17, 15) is 4.79 Å². The lowest BCUT2D eigenvalue weighted by Crippen LogP contribution is -2.45. The highest BCUT2D eigenvalue weighted by atomic mass is 16.5. The Morgan fingerprint density at radius 2 is 1.82 bits per heavy atom. The normalized spacial score (nSPS) is 40.9. The number of carbonyl (C=O) groups excluding carboxylic acids is 1. The molecule has 2 heteroatoms. The van der Waals surface area contributed by atoms with Crippen LogP contribution >= 0.6 is 0 Å². The summed E-state index contributed by atoms with van der Waals surface area (Å²) in [5, 5.41) is 0. The van der Waals surface area contributed by atoms with Crippen LogP contribution in [0.4, 0.5) is 0 Å². The van der Waals surface area contributed by atoms with E-state index in [0.717, 1.165) is 11.8 Å². The molecule has 0 aromatic carbocycles. The monoisotopic (exact) mass is 304 g/mol. The lowest BCUT2D eigenvalue weighted by molar-refractivity contribution is -0.155. The summed E-state index contributed by atoms with van der Waals surface area (Å²) in [6.45, 7) is 6.92. The van der Waals surface area contributed by atoms with Crippen molar-refractivity contribution >= 4 is 5.97 Å². The lowest BCUT2D eigenvalue weighted by atomic mass is 9.56. The second-order valence-electron chi connectivity index (χ2n) is 8.09. The third kappa shape index (κ3) is 2.98. The molecular weight excluding hydrogens is 272 g/mol. The predicted molar refractivity (Wildman–Crippen MR) is 89.3 cm³/mol. The van der Waals surface area contributed by atoms with Gasteiger partial charge >= 0.3 is 5.97 Å². The summed E-state index contributed by atoms with van der Waals surface area (Å²) < 4.78 is 5.47. The van der Waals surface area contributed by atoms with Gasteiger partial charge in [-0.1, -0.05) is 51.7 Å². The summed E-state index contributed by atoms with van der Waals surface area (Å²) in [7, 11) is 0.